The van der Waals surface area contributed by atoms with E-state index in [2.05, 4.69) is 20.9 Å². The molecule has 98 valence electrons. The van der Waals surface area contributed by atoms with Gasteiger partial charge >= 0.3 is 0 Å². The molecular formula is C12H24N4O. The van der Waals surface area contributed by atoms with Gasteiger partial charge in [-0.2, -0.15) is 0 Å². The summed E-state index contributed by atoms with van der Waals surface area (Å²) in [5, 5.41) is 9.74. The predicted octanol–water partition coefficient (Wildman–Crippen LogP) is -0.850. The van der Waals surface area contributed by atoms with Gasteiger partial charge in [0, 0.05) is 38.8 Å². The molecule has 2 aliphatic rings. The lowest BCUT2D eigenvalue weighted by Gasteiger charge is -2.26. The van der Waals surface area contributed by atoms with E-state index in [1.807, 2.05) is 0 Å². The van der Waals surface area contributed by atoms with E-state index >= 15 is 0 Å². The van der Waals surface area contributed by atoms with Crippen LogP contribution in [-0.2, 0) is 4.79 Å². The lowest BCUT2D eigenvalue weighted by Crippen LogP contribution is -2.47. The first-order chi connectivity index (χ1) is 8.34. The van der Waals surface area contributed by atoms with Gasteiger partial charge < -0.3 is 16.0 Å². The van der Waals surface area contributed by atoms with Gasteiger partial charge in [-0.05, 0) is 25.8 Å². The van der Waals surface area contributed by atoms with E-state index in [1.54, 1.807) is 0 Å². The molecule has 2 heterocycles. The maximum Gasteiger partial charge on any atom is 0.234 e. The van der Waals surface area contributed by atoms with Crippen molar-refractivity contribution < 1.29 is 4.79 Å². The van der Waals surface area contributed by atoms with Gasteiger partial charge in [-0.25, -0.2) is 0 Å². The van der Waals surface area contributed by atoms with Gasteiger partial charge in [0.05, 0.1) is 6.54 Å². The van der Waals surface area contributed by atoms with Crippen LogP contribution in [0.1, 0.15) is 19.3 Å². The van der Waals surface area contributed by atoms with Crippen molar-refractivity contribution in [3.05, 3.63) is 0 Å². The standard InChI is InChI=1S/C12H24N4O/c17-12(10-16-8-6-13-7-9-16)15-5-3-11-2-1-4-14-11/h11,13-14H,1-10H2,(H,15,17). The van der Waals surface area contributed by atoms with Crippen molar-refractivity contribution in [2.24, 2.45) is 0 Å². The summed E-state index contributed by atoms with van der Waals surface area (Å²) in [6.45, 7) is 6.47. The van der Waals surface area contributed by atoms with Crippen molar-refractivity contribution >= 4 is 5.91 Å². The highest BCUT2D eigenvalue weighted by Crippen LogP contribution is 2.07. The van der Waals surface area contributed by atoms with Crippen LogP contribution in [0.25, 0.3) is 0 Å². The van der Waals surface area contributed by atoms with E-state index in [4.69, 9.17) is 0 Å². The molecule has 5 heteroatoms. The number of nitrogens with zero attached hydrogens (tertiary/aromatic N) is 1. The van der Waals surface area contributed by atoms with Crippen molar-refractivity contribution in [3.8, 4) is 0 Å². The Hall–Kier alpha value is -0.650. The van der Waals surface area contributed by atoms with Crippen LogP contribution in [0.15, 0.2) is 0 Å². The zero-order valence-electron chi connectivity index (χ0n) is 10.5. The SMILES string of the molecule is O=C(CN1CCNCC1)NCCC1CCCN1. The summed E-state index contributed by atoms with van der Waals surface area (Å²) < 4.78 is 0. The molecule has 1 atom stereocenters. The van der Waals surface area contributed by atoms with E-state index in [9.17, 15) is 4.79 Å². The first kappa shape index (κ1) is 12.8. The Kier molecular flexibility index (Phi) is 5.22. The van der Waals surface area contributed by atoms with Gasteiger partial charge in [-0.3, -0.25) is 9.69 Å². The Labute approximate surface area is 103 Å². The molecule has 0 aromatic carbocycles. The second-order valence-electron chi connectivity index (χ2n) is 4.96. The van der Waals surface area contributed by atoms with Crippen LogP contribution in [0, 0.1) is 0 Å². The highest BCUT2D eigenvalue weighted by molar-refractivity contribution is 5.77. The van der Waals surface area contributed by atoms with Crippen LogP contribution < -0.4 is 16.0 Å². The van der Waals surface area contributed by atoms with Gasteiger partial charge in [0.1, 0.15) is 0 Å². The molecule has 0 radical (unpaired) electrons. The molecule has 2 rings (SSSR count). The van der Waals surface area contributed by atoms with Gasteiger partial charge in [-0.15, -0.1) is 0 Å². The second-order valence-corrected chi connectivity index (χ2v) is 4.96. The number of piperazine rings is 1. The Balaban J connectivity index is 1.53. The average Bonchev–Trinajstić information content (AvgIpc) is 2.83. The summed E-state index contributed by atoms with van der Waals surface area (Å²) in [5.41, 5.74) is 0. The number of rotatable bonds is 5. The number of amides is 1. The van der Waals surface area contributed by atoms with Crippen LogP contribution in [0.3, 0.4) is 0 Å². The largest absolute Gasteiger partial charge is 0.355 e. The number of carbonyl (C=O) groups excluding carboxylic acids is 1. The first-order valence-electron chi connectivity index (χ1n) is 6.78. The molecule has 5 nitrogen and oxygen atoms in total. The zero-order chi connectivity index (χ0) is 11.9. The minimum Gasteiger partial charge on any atom is -0.355 e. The van der Waals surface area contributed by atoms with Crippen LogP contribution in [0.2, 0.25) is 0 Å². The third-order valence-corrected chi connectivity index (χ3v) is 3.55. The molecule has 0 bridgehead atoms. The normalized spacial score (nSPS) is 26.0. The molecule has 2 saturated heterocycles. The molecule has 3 N–H and O–H groups in total. The summed E-state index contributed by atoms with van der Waals surface area (Å²) in [4.78, 5) is 13.9. The van der Waals surface area contributed by atoms with Crippen LogP contribution in [0.4, 0.5) is 0 Å². The molecule has 1 unspecified atom stereocenters. The third kappa shape index (κ3) is 4.61. The van der Waals surface area contributed by atoms with E-state index < -0.39 is 0 Å². The lowest BCUT2D eigenvalue weighted by atomic mass is 10.1. The van der Waals surface area contributed by atoms with Crippen molar-refractivity contribution in [2.75, 3.05) is 45.8 Å². The molecule has 2 fully saturated rings. The molecule has 0 aliphatic carbocycles. The number of hydrogen-bond donors (Lipinski definition) is 3. The molecule has 1 amide bonds. The number of nitrogens with one attached hydrogen (secondary N) is 3. The summed E-state index contributed by atoms with van der Waals surface area (Å²) in [5.74, 6) is 0.171. The fraction of sp³-hybridized carbons (Fsp3) is 0.917. The first-order valence-corrected chi connectivity index (χ1v) is 6.78. The third-order valence-electron chi connectivity index (χ3n) is 3.55. The van der Waals surface area contributed by atoms with Gasteiger partial charge in [0.25, 0.3) is 0 Å². The van der Waals surface area contributed by atoms with Crippen LogP contribution in [0.5, 0.6) is 0 Å². The van der Waals surface area contributed by atoms with Crippen molar-refractivity contribution in [2.45, 2.75) is 25.3 Å². The summed E-state index contributed by atoms with van der Waals surface area (Å²) in [6.07, 6.45) is 3.60. The summed E-state index contributed by atoms with van der Waals surface area (Å²) in [7, 11) is 0. The predicted molar refractivity (Wildman–Crippen MR) is 68.0 cm³/mol. The molecular weight excluding hydrogens is 216 g/mol. The molecule has 17 heavy (non-hydrogen) atoms. The van der Waals surface area contributed by atoms with Crippen molar-refractivity contribution in [1.82, 2.24) is 20.9 Å². The molecule has 0 spiro atoms. The van der Waals surface area contributed by atoms with E-state index in [1.165, 1.54) is 12.8 Å². The minimum absolute atomic E-state index is 0.171. The highest BCUT2D eigenvalue weighted by Gasteiger charge is 2.15. The lowest BCUT2D eigenvalue weighted by molar-refractivity contribution is -0.122. The topological polar surface area (TPSA) is 56.4 Å². The maximum atomic E-state index is 11.7. The monoisotopic (exact) mass is 240 g/mol. The number of hydrogen-bond acceptors (Lipinski definition) is 4. The Morgan fingerprint density at radius 3 is 2.82 bits per heavy atom. The maximum absolute atomic E-state index is 11.7. The highest BCUT2D eigenvalue weighted by atomic mass is 16.2. The quantitative estimate of drug-likeness (QED) is 0.586. The van der Waals surface area contributed by atoms with Crippen LogP contribution in [-0.4, -0.2) is 62.7 Å². The Morgan fingerprint density at radius 2 is 2.12 bits per heavy atom. The molecule has 2 aliphatic heterocycles. The minimum atomic E-state index is 0.171. The van der Waals surface area contributed by atoms with E-state index in [-0.39, 0.29) is 5.91 Å². The Morgan fingerprint density at radius 1 is 1.29 bits per heavy atom. The average molecular weight is 240 g/mol. The van der Waals surface area contributed by atoms with Crippen molar-refractivity contribution in [3.63, 3.8) is 0 Å². The molecule has 0 aromatic rings. The fourth-order valence-electron chi connectivity index (χ4n) is 2.52. The molecule has 0 aromatic heterocycles. The fourth-order valence-corrected chi connectivity index (χ4v) is 2.52. The zero-order valence-corrected chi connectivity index (χ0v) is 10.5. The smallest absolute Gasteiger partial charge is 0.234 e. The van der Waals surface area contributed by atoms with E-state index in [0.29, 0.717) is 12.6 Å². The number of carbonyl (C=O) groups is 1. The van der Waals surface area contributed by atoms with Crippen LogP contribution >= 0.6 is 0 Å². The van der Waals surface area contributed by atoms with Gasteiger partial charge in [0.15, 0.2) is 0 Å². The van der Waals surface area contributed by atoms with Crippen molar-refractivity contribution in [1.29, 1.82) is 0 Å². The second kappa shape index (κ2) is 6.93. The Bertz CT molecular complexity index is 235. The molecule has 0 saturated carbocycles. The van der Waals surface area contributed by atoms with Gasteiger partial charge in [0.2, 0.25) is 5.91 Å². The van der Waals surface area contributed by atoms with E-state index in [0.717, 1.165) is 45.7 Å². The summed E-state index contributed by atoms with van der Waals surface area (Å²) in [6, 6.07) is 0.620. The summed E-state index contributed by atoms with van der Waals surface area (Å²) >= 11 is 0. The van der Waals surface area contributed by atoms with Gasteiger partial charge in [-0.1, -0.05) is 0 Å².